The summed E-state index contributed by atoms with van der Waals surface area (Å²) in [6.45, 7) is 3.93. The fourth-order valence-electron chi connectivity index (χ4n) is 2.55. The van der Waals surface area contributed by atoms with Gasteiger partial charge < -0.3 is 15.8 Å². The number of nitrogens with one attached hydrogen (secondary N) is 1. The van der Waals surface area contributed by atoms with Crippen LogP contribution >= 0.6 is 0 Å². The lowest BCUT2D eigenvalue weighted by atomic mass is 9.97. The quantitative estimate of drug-likeness (QED) is 0.840. The summed E-state index contributed by atoms with van der Waals surface area (Å²) in [5.74, 6) is 0.624. The number of nitrogens with two attached hydrogens (primary N) is 1. The minimum absolute atomic E-state index is 0.242. The summed E-state index contributed by atoms with van der Waals surface area (Å²) in [6, 6.07) is 4.24. The molecule has 0 amide bonds. The van der Waals surface area contributed by atoms with E-state index in [4.69, 9.17) is 10.5 Å². The zero-order chi connectivity index (χ0) is 12.8. The van der Waals surface area contributed by atoms with Crippen LogP contribution in [0.25, 0.3) is 0 Å². The summed E-state index contributed by atoms with van der Waals surface area (Å²) >= 11 is 0. The predicted molar refractivity (Wildman–Crippen MR) is 73.3 cm³/mol. The molecule has 0 aliphatic carbocycles. The normalized spacial score (nSPS) is 21.7. The first-order valence-corrected chi connectivity index (χ1v) is 6.86. The zero-order valence-corrected chi connectivity index (χ0v) is 11.1. The topological polar surface area (TPSA) is 60.2 Å². The standard InChI is InChI=1S/C14H23N3O/c1-2-16-13(10-11-6-3-4-9-18-11)12-7-5-8-17-14(12)15/h5,7-8,11,13,16H,2-4,6,9-10H2,1H3,(H2,15,17). The van der Waals surface area contributed by atoms with E-state index in [9.17, 15) is 0 Å². The molecule has 4 heteroatoms. The van der Waals surface area contributed by atoms with Gasteiger partial charge in [-0.05, 0) is 38.3 Å². The van der Waals surface area contributed by atoms with Gasteiger partial charge in [-0.3, -0.25) is 0 Å². The van der Waals surface area contributed by atoms with Crippen LogP contribution in [0, 0.1) is 0 Å². The molecule has 3 N–H and O–H groups in total. The number of hydrogen-bond acceptors (Lipinski definition) is 4. The molecule has 0 spiro atoms. The summed E-state index contributed by atoms with van der Waals surface area (Å²) in [6.07, 6.45) is 6.68. The first-order chi connectivity index (χ1) is 8.81. The Hall–Kier alpha value is -1.13. The predicted octanol–water partition coefficient (Wildman–Crippen LogP) is 2.27. The number of hydrogen-bond donors (Lipinski definition) is 2. The fraction of sp³-hybridized carbons (Fsp3) is 0.643. The zero-order valence-electron chi connectivity index (χ0n) is 11.1. The third-order valence-corrected chi connectivity index (χ3v) is 3.47. The highest BCUT2D eigenvalue weighted by Crippen LogP contribution is 2.27. The summed E-state index contributed by atoms with van der Waals surface area (Å²) in [4.78, 5) is 4.17. The third-order valence-electron chi connectivity index (χ3n) is 3.47. The Morgan fingerprint density at radius 2 is 2.44 bits per heavy atom. The number of anilines is 1. The number of rotatable bonds is 5. The summed E-state index contributed by atoms with van der Waals surface area (Å²) in [7, 11) is 0. The van der Waals surface area contributed by atoms with Crippen LogP contribution in [0.15, 0.2) is 18.3 Å². The van der Waals surface area contributed by atoms with Gasteiger partial charge >= 0.3 is 0 Å². The van der Waals surface area contributed by atoms with E-state index in [1.165, 1.54) is 12.8 Å². The second-order valence-corrected chi connectivity index (χ2v) is 4.81. The minimum atomic E-state index is 0.242. The number of ether oxygens (including phenoxy) is 1. The van der Waals surface area contributed by atoms with E-state index < -0.39 is 0 Å². The van der Waals surface area contributed by atoms with Gasteiger partial charge in [-0.2, -0.15) is 0 Å². The lowest BCUT2D eigenvalue weighted by Crippen LogP contribution is -2.29. The van der Waals surface area contributed by atoms with Gasteiger partial charge in [0.15, 0.2) is 0 Å². The average molecular weight is 249 g/mol. The average Bonchev–Trinajstić information content (AvgIpc) is 2.40. The molecule has 0 radical (unpaired) electrons. The Balaban J connectivity index is 2.05. The van der Waals surface area contributed by atoms with Crippen LogP contribution in [0.1, 0.15) is 44.2 Å². The van der Waals surface area contributed by atoms with E-state index in [1.807, 2.05) is 6.07 Å². The summed E-state index contributed by atoms with van der Waals surface area (Å²) in [5.41, 5.74) is 7.06. The molecule has 1 aromatic rings. The molecule has 1 saturated heterocycles. The minimum Gasteiger partial charge on any atom is -0.383 e. The highest BCUT2D eigenvalue weighted by Gasteiger charge is 2.21. The summed E-state index contributed by atoms with van der Waals surface area (Å²) < 4.78 is 5.81. The summed E-state index contributed by atoms with van der Waals surface area (Å²) in [5, 5.41) is 3.49. The van der Waals surface area contributed by atoms with Crippen molar-refractivity contribution < 1.29 is 4.74 Å². The molecule has 2 atom stereocenters. The maximum atomic E-state index is 5.96. The second kappa shape index (κ2) is 6.71. The highest BCUT2D eigenvalue weighted by atomic mass is 16.5. The first-order valence-electron chi connectivity index (χ1n) is 6.86. The Morgan fingerprint density at radius 3 is 3.11 bits per heavy atom. The van der Waals surface area contributed by atoms with E-state index in [1.54, 1.807) is 6.20 Å². The lowest BCUT2D eigenvalue weighted by Gasteiger charge is -2.28. The largest absolute Gasteiger partial charge is 0.383 e. The van der Waals surface area contributed by atoms with Crippen molar-refractivity contribution in [3.63, 3.8) is 0 Å². The van der Waals surface area contributed by atoms with E-state index in [-0.39, 0.29) is 6.04 Å². The molecular weight excluding hydrogens is 226 g/mol. The van der Waals surface area contributed by atoms with Gasteiger partial charge in [0.05, 0.1) is 6.10 Å². The van der Waals surface area contributed by atoms with Crippen molar-refractivity contribution in [1.82, 2.24) is 10.3 Å². The van der Waals surface area contributed by atoms with Crippen LogP contribution in [0.5, 0.6) is 0 Å². The van der Waals surface area contributed by atoms with Crippen molar-refractivity contribution >= 4 is 5.82 Å². The molecule has 1 aromatic heterocycles. The van der Waals surface area contributed by atoms with Gasteiger partial charge in [-0.25, -0.2) is 4.98 Å². The molecular formula is C14H23N3O. The Kier molecular flexibility index (Phi) is 4.96. The Bertz CT molecular complexity index is 364. The van der Waals surface area contributed by atoms with Crippen molar-refractivity contribution in [3.8, 4) is 0 Å². The number of nitrogens with zero attached hydrogens (tertiary/aromatic N) is 1. The van der Waals surface area contributed by atoms with Crippen LogP contribution in [0.3, 0.4) is 0 Å². The van der Waals surface area contributed by atoms with Gasteiger partial charge in [0.25, 0.3) is 0 Å². The Morgan fingerprint density at radius 1 is 1.56 bits per heavy atom. The molecule has 4 nitrogen and oxygen atoms in total. The van der Waals surface area contributed by atoms with E-state index in [0.717, 1.165) is 31.6 Å². The number of aromatic nitrogens is 1. The van der Waals surface area contributed by atoms with Gasteiger partial charge in [0, 0.05) is 24.4 Å². The van der Waals surface area contributed by atoms with Gasteiger partial charge in [0.1, 0.15) is 5.82 Å². The molecule has 0 bridgehead atoms. The maximum Gasteiger partial charge on any atom is 0.128 e. The molecule has 1 aliphatic heterocycles. The molecule has 1 aliphatic rings. The van der Waals surface area contributed by atoms with E-state index >= 15 is 0 Å². The fourth-order valence-corrected chi connectivity index (χ4v) is 2.55. The molecule has 2 rings (SSSR count). The number of pyridine rings is 1. The van der Waals surface area contributed by atoms with Crippen molar-refractivity contribution in [2.75, 3.05) is 18.9 Å². The highest BCUT2D eigenvalue weighted by molar-refractivity contribution is 5.40. The van der Waals surface area contributed by atoms with Crippen LogP contribution in [0.2, 0.25) is 0 Å². The van der Waals surface area contributed by atoms with Gasteiger partial charge in [0.2, 0.25) is 0 Å². The van der Waals surface area contributed by atoms with E-state index in [0.29, 0.717) is 11.9 Å². The van der Waals surface area contributed by atoms with Crippen LogP contribution in [-0.4, -0.2) is 24.2 Å². The van der Waals surface area contributed by atoms with Crippen LogP contribution in [-0.2, 0) is 4.74 Å². The van der Waals surface area contributed by atoms with Gasteiger partial charge in [-0.15, -0.1) is 0 Å². The molecule has 0 aromatic carbocycles. The smallest absolute Gasteiger partial charge is 0.128 e. The first kappa shape index (κ1) is 13.3. The molecule has 2 unspecified atom stereocenters. The molecule has 18 heavy (non-hydrogen) atoms. The number of nitrogen functional groups attached to an aromatic ring is 1. The SMILES string of the molecule is CCNC(CC1CCCCO1)c1cccnc1N. The van der Waals surface area contributed by atoms with Crippen molar-refractivity contribution in [2.24, 2.45) is 0 Å². The second-order valence-electron chi connectivity index (χ2n) is 4.81. The van der Waals surface area contributed by atoms with Crippen LogP contribution < -0.4 is 11.1 Å². The Labute approximate surface area is 109 Å². The van der Waals surface area contributed by atoms with Crippen LogP contribution in [0.4, 0.5) is 5.82 Å². The van der Waals surface area contributed by atoms with E-state index in [2.05, 4.69) is 23.3 Å². The molecule has 1 fully saturated rings. The van der Waals surface area contributed by atoms with Gasteiger partial charge in [-0.1, -0.05) is 13.0 Å². The molecule has 100 valence electrons. The van der Waals surface area contributed by atoms with Crippen molar-refractivity contribution in [1.29, 1.82) is 0 Å². The lowest BCUT2D eigenvalue weighted by molar-refractivity contribution is 0.00517. The monoisotopic (exact) mass is 249 g/mol. The maximum absolute atomic E-state index is 5.96. The molecule has 2 heterocycles. The van der Waals surface area contributed by atoms with Crippen molar-refractivity contribution in [3.05, 3.63) is 23.9 Å². The molecule has 0 saturated carbocycles. The third kappa shape index (κ3) is 3.43. The van der Waals surface area contributed by atoms with Crippen molar-refractivity contribution in [2.45, 2.75) is 44.8 Å².